The lowest BCUT2D eigenvalue weighted by Crippen LogP contribution is -2.42. The minimum atomic E-state index is -0.315. The summed E-state index contributed by atoms with van der Waals surface area (Å²) in [6.07, 6.45) is 3.81. The number of aliphatic hydroxyl groups is 1. The number of nitrogens with one attached hydrogen (secondary N) is 1. The van der Waals surface area contributed by atoms with Crippen LogP contribution in [0.2, 0.25) is 0 Å². The first-order valence-electron chi connectivity index (χ1n) is 4.14. The molecule has 0 amide bonds. The largest absolute Gasteiger partial charge is 0.390 e. The van der Waals surface area contributed by atoms with Gasteiger partial charge in [0.05, 0.1) is 12.0 Å². The van der Waals surface area contributed by atoms with Crippen molar-refractivity contribution in [3.8, 4) is 0 Å². The number of rotatable bonds is 1. The average Bonchev–Trinajstić information content (AvgIpc) is 2.47. The van der Waals surface area contributed by atoms with Crippen LogP contribution in [-0.4, -0.2) is 15.3 Å². The molecule has 2 N–H and O–H groups in total. The molecule has 0 aliphatic heterocycles. The Bertz CT molecular complexity index is 501. The van der Waals surface area contributed by atoms with E-state index in [0.29, 0.717) is 5.22 Å². The topological polar surface area (TPSA) is 66.0 Å². The summed E-state index contributed by atoms with van der Waals surface area (Å²) in [5, 5.41) is 16.7. The molecule has 13 heavy (non-hydrogen) atoms. The van der Waals surface area contributed by atoms with E-state index < -0.39 is 0 Å². The molecule has 1 aromatic heterocycles. The fourth-order valence-corrected chi connectivity index (χ4v) is 1.49. The van der Waals surface area contributed by atoms with Gasteiger partial charge in [-0.1, -0.05) is 19.1 Å². The molecule has 0 radical (unpaired) electrons. The van der Waals surface area contributed by atoms with Crippen LogP contribution >= 0.6 is 0 Å². The van der Waals surface area contributed by atoms with E-state index in [4.69, 9.17) is 5.11 Å². The van der Waals surface area contributed by atoms with Crippen LogP contribution in [-0.2, 0) is 6.61 Å². The predicted molar refractivity (Wildman–Crippen MR) is 48.1 cm³/mol. The zero-order chi connectivity index (χ0) is 9.42. The van der Waals surface area contributed by atoms with Gasteiger partial charge in [-0.15, -0.1) is 0 Å². The third kappa shape index (κ3) is 1.19. The number of H-pyrrole nitrogens is 1. The first kappa shape index (κ1) is 8.19. The second kappa shape index (κ2) is 2.81. The molecule has 4 heteroatoms. The molecule has 0 bridgehead atoms. The summed E-state index contributed by atoms with van der Waals surface area (Å²) in [6.45, 7) is 1.68. The van der Waals surface area contributed by atoms with Crippen LogP contribution in [0, 0.1) is 5.92 Å². The Hall–Kier alpha value is -1.42. The van der Waals surface area contributed by atoms with Crippen LogP contribution in [0.15, 0.2) is 4.79 Å². The van der Waals surface area contributed by atoms with E-state index >= 15 is 0 Å². The van der Waals surface area contributed by atoms with Crippen molar-refractivity contribution in [3.05, 3.63) is 26.5 Å². The van der Waals surface area contributed by atoms with Gasteiger partial charge in [-0.2, -0.15) is 5.10 Å². The van der Waals surface area contributed by atoms with Crippen LogP contribution in [0.25, 0.3) is 12.2 Å². The molecule has 1 unspecified atom stereocenters. The Kier molecular flexibility index (Phi) is 1.77. The van der Waals surface area contributed by atoms with Gasteiger partial charge in [-0.3, -0.25) is 9.89 Å². The van der Waals surface area contributed by atoms with Crippen LogP contribution in [0.5, 0.6) is 0 Å². The van der Waals surface area contributed by atoms with E-state index in [0.717, 1.165) is 5.35 Å². The number of aromatic nitrogens is 2. The van der Waals surface area contributed by atoms with Crippen LogP contribution in [0.1, 0.15) is 12.6 Å². The Labute approximate surface area is 74.2 Å². The molecule has 2 rings (SSSR count). The lowest BCUT2D eigenvalue weighted by Gasteiger charge is -1.91. The number of hydrogen-bond donors (Lipinski definition) is 2. The molecule has 1 aliphatic carbocycles. The standard InChI is InChI=1S/C9H10N2O2/c1-5-2-6-7(3-5)10-11-8(4-12)9(6)13/h2-3,5,10,12H,4H2,1H3. The summed E-state index contributed by atoms with van der Waals surface area (Å²) in [5.41, 5.74) is 0.00866. The highest BCUT2D eigenvalue weighted by Crippen LogP contribution is 1.98. The first-order valence-corrected chi connectivity index (χ1v) is 4.14. The fourth-order valence-electron chi connectivity index (χ4n) is 1.49. The SMILES string of the molecule is CC1C=c2[nH]nc(CO)c(=O)c2=C1. The molecule has 0 aromatic carbocycles. The summed E-state index contributed by atoms with van der Waals surface area (Å²) in [6, 6.07) is 0. The third-order valence-corrected chi connectivity index (χ3v) is 2.12. The fraction of sp³-hybridized carbons (Fsp3) is 0.333. The summed E-state index contributed by atoms with van der Waals surface area (Å²) >= 11 is 0. The van der Waals surface area contributed by atoms with E-state index in [1.165, 1.54) is 0 Å². The number of fused-ring (bicyclic) bond motifs is 1. The minimum absolute atomic E-state index is 0.170. The lowest BCUT2D eigenvalue weighted by atomic mass is 10.2. The van der Waals surface area contributed by atoms with Gasteiger partial charge in [0, 0.05) is 5.22 Å². The Morgan fingerprint density at radius 1 is 1.62 bits per heavy atom. The number of aliphatic hydroxyl groups excluding tert-OH is 1. The molecule has 4 nitrogen and oxygen atoms in total. The summed E-state index contributed by atoms with van der Waals surface area (Å²) < 4.78 is 0. The van der Waals surface area contributed by atoms with Crippen molar-refractivity contribution in [2.45, 2.75) is 13.5 Å². The Morgan fingerprint density at radius 2 is 2.38 bits per heavy atom. The maximum Gasteiger partial charge on any atom is 0.213 e. The quantitative estimate of drug-likeness (QED) is 0.548. The normalized spacial score (nSPS) is 19.1. The Balaban J connectivity index is 2.84. The molecule has 0 spiro atoms. The van der Waals surface area contributed by atoms with Gasteiger partial charge in [0.25, 0.3) is 0 Å². The molecule has 1 atom stereocenters. The minimum Gasteiger partial charge on any atom is -0.390 e. The first-order chi connectivity index (χ1) is 6.22. The van der Waals surface area contributed by atoms with Crippen molar-refractivity contribution >= 4 is 12.2 Å². The van der Waals surface area contributed by atoms with Gasteiger partial charge < -0.3 is 5.11 Å². The second-order valence-corrected chi connectivity index (χ2v) is 3.18. The van der Waals surface area contributed by atoms with Crippen molar-refractivity contribution in [3.63, 3.8) is 0 Å². The highest BCUT2D eigenvalue weighted by atomic mass is 16.3. The van der Waals surface area contributed by atoms with Gasteiger partial charge in [0.2, 0.25) is 5.43 Å². The molecule has 1 aromatic rings. The highest BCUT2D eigenvalue weighted by molar-refractivity contribution is 5.47. The molecule has 1 heterocycles. The maximum atomic E-state index is 11.5. The monoisotopic (exact) mass is 178 g/mol. The van der Waals surface area contributed by atoms with Crippen molar-refractivity contribution in [1.29, 1.82) is 0 Å². The van der Waals surface area contributed by atoms with E-state index in [9.17, 15) is 4.79 Å². The van der Waals surface area contributed by atoms with Crippen LogP contribution < -0.4 is 16.0 Å². The average molecular weight is 178 g/mol. The van der Waals surface area contributed by atoms with Crippen molar-refractivity contribution in [1.82, 2.24) is 10.2 Å². The van der Waals surface area contributed by atoms with Gasteiger partial charge in [-0.05, 0) is 5.92 Å². The second-order valence-electron chi connectivity index (χ2n) is 3.18. The molecule has 0 saturated carbocycles. The highest BCUT2D eigenvalue weighted by Gasteiger charge is 2.08. The zero-order valence-corrected chi connectivity index (χ0v) is 7.24. The predicted octanol–water partition coefficient (Wildman–Crippen LogP) is -1.53. The zero-order valence-electron chi connectivity index (χ0n) is 7.24. The lowest BCUT2D eigenvalue weighted by molar-refractivity contribution is 0.273. The van der Waals surface area contributed by atoms with Gasteiger partial charge in [0.15, 0.2) is 0 Å². The van der Waals surface area contributed by atoms with E-state index in [-0.39, 0.29) is 23.6 Å². The number of aromatic amines is 1. The molecular formula is C9H10N2O2. The Morgan fingerprint density at radius 3 is 3.08 bits per heavy atom. The van der Waals surface area contributed by atoms with Gasteiger partial charge >= 0.3 is 0 Å². The van der Waals surface area contributed by atoms with E-state index in [1.807, 2.05) is 19.1 Å². The van der Waals surface area contributed by atoms with E-state index in [2.05, 4.69) is 10.2 Å². The van der Waals surface area contributed by atoms with Crippen molar-refractivity contribution in [2.75, 3.05) is 0 Å². The molecule has 1 aliphatic rings. The number of hydrogen-bond acceptors (Lipinski definition) is 3. The maximum absolute atomic E-state index is 11.5. The number of nitrogens with zero attached hydrogens (tertiary/aromatic N) is 1. The molecule has 0 fully saturated rings. The molecular weight excluding hydrogens is 168 g/mol. The molecule has 68 valence electrons. The van der Waals surface area contributed by atoms with Crippen LogP contribution in [0.4, 0.5) is 0 Å². The molecule has 0 saturated heterocycles. The summed E-state index contributed by atoms with van der Waals surface area (Å²) in [5.74, 6) is 0.259. The van der Waals surface area contributed by atoms with Gasteiger partial charge in [-0.25, -0.2) is 0 Å². The third-order valence-electron chi connectivity index (χ3n) is 2.12. The van der Waals surface area contributed by atoms with Crippen molar-refractivity contribution in [2.24, 2.45) is 5.92 Å². The summed E-state index contributed by atoms with van der Waals surface area (Å²) in [7, 11) is 0. The van der Waals surface area contributed by atoms with Crippen molar-refractivity contribution < 1.29 is 5.11 Å². The smallest absolute Gasteiger partial charge is 0.213 e. The van der Waals surface area contributed by atoms with Gasteiger partial charge in [0.1, 0.15) is 5.69 Å². The summed E-state index contributed by atoms with van der Waals surface area (Å²) in [4.78, 5) is 11.5. The van der Waals surface area contributed by atoms with Crippen LogP contribution in [0.3, 0.4) is 0 Å². The van der Waals surface area contributed by atoms with E-state index in [1.54, 1.807) is 0 Å².